The van der Waals surface area contributed by atoms with E-state index in [1.165, 1.54) is 10.6 Å². The second kappa shape index (κ2) is 9.65. The van der Waals surface area contributed by atoms with E-state index in [1.807, 2.05) is 48.5 Å². The van der Waals surface area contributed by atoms with Gasteiger partial charge in [-0.05, 0) is 30.4 Å². The third kappa shape index (κ3) is 5.43. The topological polar surface area (TPSA) is 95.9 Å². The quantitative estimate of drug-likeness (QED) is 0.697. The van der Waals surface area contributed by atoms with Crippen LogP contribution in [-0.4, -0.2) is 48.5 Å². The standard InChI is InChI=1S/C24H27N3O4S/c28-23-14-13-22(26-27(23)20-15-16-32(30,31)17-20)24(29)25-21(19-9-5-2-6-10-19)12-11-18-7-3-1-4-8-18/h1-10,20-21H,11-17H2,(H,25,29)/t20-,21+/m0/s1. The lowest BCUT2D eigenvalue weighted by Gasteiger charge is -2.28. The van der Waals surface area contributed by atoms with E-state index in [-0.39, 0.29) is 47.9 Å². The Morgan fingerprint density at radius 2 is 1.75 bits per heavy atom. The molecule has 2 aliphatic heterocycles. The van der Waals surface area contributed by atoms with E-state index in [0.29, 0.717) is 6.42 Å². The van der Waals surface area contributed by atoms with E-state index in [4.69, 9.17) is 0 Å². The van der Waals surface area contributed by atoms with Gasteiger partial charge in [0.05, 0.1) is 23.6 Å². The van der Waals surface area contributed by atoms with Crippen LogP contribution in [0.4, 0.5) is 0 Å². The summed E-state index contributed by atoms with van der Waals surface area (Å²) in [6.07, 6.45) is 2.29. The van der Waals surface area contributed by atoms with E-state index in [2.05, 4.69) is 22.6 Å². The Morgan fingerprint density at radius 1 is 1.06 bits per heavy atom. The summed E-state index contributed by atoms with van der Waals surface area (Å²) in [5, 5.41) is 8.62. The SMILES string of the molecule is O=C(N[C@H](CCc1ccccc1)c1ccccc1)C1=NN([C@H]2CCS(=O)(=O)C2)C(=O)CC1. The van der Waals surface area contributed by atoms with Gasteiger partial charge in [-0.2, -0.15) is 5.10 Å². The number of hydrogen-bond acceptors (Lipinski definition) is 5. The van der Waals surface area contributed by atoms with Crippen molar-refractivity contribution >= 4 is 27.4 Å². The number of hydrazone groups is 1. The second-order valence-electron chi connectivity index (χ2n) is 8.30. The molecule has 7 nitrogen and oxygen atoms in total. The molecular weight excluding hydrogens is 426 g/mol. The number of aryl methyl sites for hydroxylation is 1. The van der Waals surface area contributed by atoms with Crippen LogP contribution in [0.2, 0.25) is 0 Å². The van der Waals surface area contributed by atoms with Gasteiger partial charge in [-0.15, -0.1) is 0 Å². The molecule has 1 saturated heterocycles. The average Bonchev–Trinajstić information content (AvgIpc) is 3.17. The molecule has 0 unspecified atom stereocenters. The van der Waals surface area contributed by atoms with E-state index >= 15 is 0 Å². The highest BCUT2D eigenvalue weighted by Crippen LogP contribution is 2.23. The first-order chi connectivity index (χ1) is 15.4. The van der Waals surface area contributed by atoms with Crippen LogP contribution >= 0.6 is 0 Å². The molecule has 0 aromatic heterocycles. The number of benzene rings is 2. The Hall–Kier alpha value is -3.00. The Balaban J connectivity index is 1.49. The van der Waals surface area contributed by atoms with Crippen molar-refractivity contribution in [1.29, 1.82) is 0 Å². The molecule has 0 aliphatic carbocycles. The van der Waals surface area contributed by atoms with Crippen molar-refractivity contribution in [2.45, 2.75) is 44.2 Å². The van der Waals surface area contributed by atoms with Crippen LogP contribution in [0.3, 0.4) is 0 Å². The number of nitrogens with zero attached hydrogens (tertiary/aromatic N) is 2. The molecule has 0 saturated carbocycles. The number of sulfone groups is 1. The Labute approximate surface area is 188 Å². The van der Waals surface area contributed by atoms with Gasteiger partial charge in [0.25, 0.3) is 5.91 Å². The molecule has 0 spiro atoms. The summed E-state index contributed by atoms with van der Waals surface area (Å²) in [6, 6.07) is 19.2. The lowest BCUT2D eigenvalue weighted by atomic mass is 9.98. The number of rotatable bonds is 7. The monoisotopic (exact) mass is 453 g/mol. The minimum Gasteiger partial charge on any atom is -0.344 e. The van der Waals surface area contributed by atoms with Crippen LogP contribution in [0.15, 0.2) is 65.8 Å². The molecule has 168 valence electrons. The summed E-state index contributed by atoms with van der Waals surface area (Å²) in [6.45, 7) is 0. The van der Waals surface area contributed by atoms with Crippen molar-refractivity contribution in [1.82, 2.24) is 10.3 Å². The molecule has 0 bridgehead atoms. The highest BCUT2D eigenvalue weighted by Gasteiger charge is 2.37. The van der Waals surface area contributed by atoms with Crippen molar-refractivity contribution < 1.29 is 18.0 Å². The maximum absolute atomic E-state index is 13.1. The molecule has 2 atom stereocenters. The molecule has 4 rings (SSSR count). The summed E-state index contributed by atoms with van der Waals surface area (Å²) in [4.78, 5) is 25.4. The largest absolute Gasteiger partial charge is 0.344 e. The summed E-state index contributed by atoms with van der Waals surface area (Å²) < 4.78 is 23.7. The molecule has 0 radical (unpaired) electrons. The first-order valence-corrected chi connectivity index (χ1v) is 12.7. The van der Waals surface area contributed by atoms with Gasteiger partial charge in [0.2, 0.25) is 5.91 Å². The first kappa shape index (κ1) is 22.2. The van der Waals surface area contributed by atoms with Gasteiger partial charge >= 0.3 is 0 Å². The third-order valence-corrected chi connectivity index (χ3v) is 7.70. The van der Waals surface area contributed by atoms with Crippen molar-refractivity contribution in [3.05, 3.63) is 71.8 Å². The number of amides is 2. The summed E-state index contributed by atoms with van der Waals surface area (Å²) in [5.41, 5.74) is 2.47. The molecule has 2 aromatic rings. The lowest BCUT2D eigenvalue weighted by Crippen LogP contribution is -2.44. The van der Waals surface area contributed by atoms with Crippen LogP contribution in [-0.2, 0) is 25.8 Å². The smallest absolute Gasteiger partial charge is 0.267 e. The van der Waals surface area contributed by atoms with E-state index in [9.17, 15) is 18.0 Å². The maximum atomic E-state index is 13.1. The number of carbonyl (C=O) groups is 2. The summed E-state index contributed by atoms with van der Waals surface area (Å²) >= 11 is 0. The van der Waals surface area contributed by atoms with Crippen LogP contribution < -0.4 is 5.32 Å². The highest BCUT2D eigenvalue weighted by molar-refractivity contribution is 7.91. The fourth-order valence-electron chi connectivity index (χ4n) is 4.19. The fraction of sp³-hybridized carbons (Fsp3) is 0.375. The van der Waals surface area contributed by atoms with Gasteiger partial charge in [-0.3, -0.25) is 9.59 Å². The Bertz CT molecular complexity index is 1100. The maximum Gasteiger partial charge on any atom is 0.267 e. The second-order valence-corrected chi connectivity index (χ2v) is 10.5. The molecule has 1 fully saturated rings. The lowest BCUT2D eigenvalue weighted by molar-refractivity contribution is -0.133. The zero-order chi connectivity index (χ0) is 22.6. The molecule has 1 N–H and O–H groups in total. The van der Waals surface area contributed by atoms with Crippen LogP contribution in [0, 0.1) is 0 Å². The summed E-state index contributed by atoms with van der Waals surface area (Å²) in [5.74, 6) is -0.591. The normalized spacial score (nSPS) is 21.1. The van der Waals surface area contributed by atoms with Crippen molar-refractivity contribution in [2.75, 3.05) is 11.5 Å². The fourth-order valence-corrected chi connectivity index (χ4v) is 5.88. The van der Waals surface area contributed by atoms with Gasteiger partial charge in [0.15, 0.2) is 9.84 Å². The molecule has 2 amide bonds. The zero-order valence-corrected chi connectivity index (χ0v) is 18.6. The summed E-state index contributed by atoms with van der Waals surface area (Å²) in [7, 11) is -3.16. The van der Waals surface area contributed by atoms with Crippen LogP contribution in [0.25, 0.3) is 0 Å². The van der Waals surface area contributed by atoms with E-state index in [1.54, 1.807) is 0 Å². The van der Waals surface area contributed by atoms with Crippen LogP contribution in [0.5, 0.6) is 0 Å². The van der Waals surface area contributed by atoms with Crippen molar-refractivity contribution in [3.63, 3.8) is 0 Å². The van der Waals surface area contributed by atoms with E-state index in [0.717, 1.165) is 18.4 Å². The Morgan fingerprint density at radius 3 is 2.41 bits per heavy atom. The zero-order valence-electron chi connectivity index (χ0n) is 17.8. The van der Waals surface area contributed by atoms with Crippen LogP contribution in [0.1, 0.15) is 42.9 Å². The predicted molar refractivity (Wildman–Crippen MR) is 123 cm³/mol. The minimum absolute atomic E-state index is 0.0497. The minimum atomic E-state index is -3.16. The van der Waals surface area contributed by atoms with Crippen molar-refractivity contribution in [2.24, 2.45) is 5.10 Å². The van der Waals surface area contributed by atoms with Gasteiger partial charge < -0.3 is 5.32 Å². The molecular formula is C24H27N3O4S. The predicted octanol–water partition coefficient (Wildman–Crippen LogP) is 2.64. The number of carbonyl (C=O) groups excluding carboxylic acids is 2. The van der Waals surface area contributed by atoms with E-state index < -0.39 is 15.9 Å². The highest BCUT2D eigenvalue weighted by atomic mass is 32.2. The first-order valence-electron chi connectivity index (χ1n) is 10.9. The van der Waals surface area contributed by atoms with Gasteiger partial charge in [0, 0.05) is 12.8 Å². The molecule has 2 aliphatic rings. The van der Waals surface area contributed by atoms with Gasteiger partial charge in [0.1, 0.15) is 5.71 Å². The molecule has 2 heterocycles. The van der Waals surface area contributed by atoms with Crippen molar-refractivity contribution in [3.8, 4) is 0 Å². The third-order valence-electron chi connectivity index (χ3n) is 5.95. The molecule has 32 heavy (non-hydrogen) atoms. The molecule has 8 heteroatoms. The average molecular weight is 454 g/mol. The van der Waals surface area contributed by atoms with Gasteiger partial charge in [-0.25, -0.2) is 13.4 Å². The van der Waals surface area contributed by atoms with Gasteiger partial charge in [-0.1, -0.05) is 60.7 Å². The molecule has 2 aromatic carbocycles. The Kier molecular flexibility index (Phi) is 6.69. The number of hydrogen-bond donors (Lipinski definition) is 1. The number of nitrogens with one attached hydrogen (secondary N) is 1.